The van der Waals surface area contributed by atoms with Gasteiger partial charge < -0.3 is 9.79 Å². The summed E-state index contributed by atoms with van der Waals surface area (Å²) in [6.45, 7) is 22.6. The monoisotopic (exact) mass is 526 g/mol. The lowest BCUT2D eigenvalue weighted by atomic mass is 9.61. The Balaban J connectivity index is 2.57. The summed E-state index contributed by atoms with van der Waals surface area (Å²) in [7, 11) is -2.58. The SMILES string of the molecule is CCCCC(CC)C1(OP(O)O)c2c(cc(C(C)C)cc2C(C)C)Cc2cc(C(C)C)cc(C(C)C)c21. The molecule has 4 heteroatoms. The smallest absolute Gasteiger partial charge is 0.328 e. The van der Waals surface area contributed by atoms with E-state index >= 15 is 0 Å². The van der Waals surface area contributed by atoms with Crippen molar-refractivity contribution in [2.24, 2.45) is 5.92 Å². The molecule has 1 atom stereocenters. The van der Waals surface area contributed by atoms with Crippen molar-refractivity contribution in [3.05, 3.63) is 68.8 Å². The van der Waals surface area contributed by atoms with Crippen LogP contribution in [0.25, 0.3) is 0 Å². The number of benzene rings is 2. The van der Waals surface area contributed by atoms with Crippen LogP contribution in [0.1, 0.15) is 163 Å². The van der Waals surface area contributed by atoms with Crippen LogP contribution in [0.4, 0.5) is 0 Å². The summed E-state index contributed by atoms with van der Waals surface area (Å²) in [6.07, 6.45) is 4.95. The zero-order valence-electron chi connectivity index (χ0n) is 25.0. The molecule has 1 aliphatic carbocycles. The molecule has 1 aliphatic rings. The van der Waals surface area contributed by atoms with Gasteiger partial charge >= 0.3 is 8.60 Å². The first-order chi connectivity index (χ1) is 17.4. The van der Waals surface area contributed by atoms with Crippen LogP contribution in [0.5, 0.6) is 0 Å². The second-order valence-corrected chi connectivity index (χ2v) is 13.1. The normalized spacial score (nSPS) is 15.7. The molecule has 0 heterocycles. The van der Waals surface area contributed by atoms with Gasteiger partial charge in [-0.25, -0.2) is 0 Å². The third kappa shape index (κ3) is 5.86. The first-order valence-corrected chi connectivity index (χ1v) is 15.8. The van der Waals surface area contributed by atoms with E-state index in [0.717, 1.165) is 32.1 Å². The van der Waals surface area contributed by atoms with Crippen molar-refractivity contribution >= 4 is 8.60 Å². The van der Waals surface area contributed by atoms with Crippen molar-refractivity contribution in [3.8, 4) is 0 Å². The molecule has 0 bridgehead atoms. The second-order valence-electron chi connectivity index (χ2n) is 12.4. The number of fused-ring (bicyclic) bond motifs is 2. The first-order valence-electron chi connectivity index (χ1n) is 14.6. The molecule has 0 fully saturated rings. The molecule has 206 valence electrons. The van der Waals surface area contributed by atoms with Crippen LogP contribution in [-0.4, -0.2) is 9.79 Å². The van der Waals surface area contributed by atoms with Gasteiger partial charge in [0.1, 0.15) is 5.60 Å². The minimum absolute atomic E-state index is 0.138. The van der Waals surface area contributed by atoms with Crippen molar-refractivity contribution < 1.29 is 14.3 Å². The summed E-state index contributed by atoms with van der Waals surface area (Å²) in [5.41, 5.74) is 9.40. The highest BCUT2D eigenvalue weighted by atomic mass is 31.2. The van der Waals surface area contributed by atoms with Gasteiger partial charge in [0.05, 0.1) is 0 Å². The minimum atomic E-state index is -2.58. The summed E-state index contributed by atoms with van der Waals surface area (Å²) < 4.78 is 6.64. The van der Waals surface area contributed by atoms with Gasteiger partial charge in [0.25, 0.3) is 0 Å². The van der Waals surface area contributed by atoms with Crippen LogP contribution in [0, 0.1) is 5.92 Å². The molecule has 0 spiro atoms. The summed E-state index contributed by atoms with van der Waals surface area (Å²) in [5.74, 6) is 1.56. The molecule has 2 aromatic rings. The maximum Gasteiger partial charge on any atom is 0.328 e. The van der Waals surface area contributed by atoms with Gasteiger partial charge in [0.2, 0.25) is 0 Å². The zero-order chi connectivity index (χ0) is 27.7. The predicted octanol–water partition coefficient (Wildman–Crippen LogP) is 9.77. The van der Waals surface area contributed by atoms with E-state index < -0.39 is 14.2 Å². The third-order valence-corrected chi connectivity index (χ3v) is 8.90. The van der Waals surface area contributed by atoms with E-state index in [1.165, 1.54) is 44.5 Å². The van der Waals surface area contributed by atoms with Gasteiger partial charge in [0, 0.05) is 0 Å². The Labute approximate surface area is 228 Å². The van der Waals surface area contributed by atoms with Crippen molar-refractivity contribution in [1.29, 1.82) is 0 Å². The zero-order valence-corrected chi connectivity index (χ0v) is 25.9. The van der Waals surface area contributed by atoms with Crippen LogP contribution < -0.4 is 0 Å². The average molecular weight is 527 g/mol. The molecule has 2 N–H and O–H groups in total. The van der Waals surface area contributed by atoms with Gasteiger partial charge in [-0.2, -0.15) is 0 Å². The number of hydrogen-bond acceptors (Lipinski definition) is 3. The van der Waals surface area contributed by atoms with E-state index in [0.29, 0.717) is 23.7 Å². The number of unbranched alkanes of at least 4 members (excludes halogenated alkanes) is 1. The van der Waals surface area contributed by atoms with Gasteiger partial charge in [-0.3, -0.25) is 4.52 Å². The molecule has 0 amide bonds. The number of rotatable bonds is 11. The third-order valence-electron chi connectivity index (χ3n) is 8.45. The van der Waals surface area contributed by atoms with E-state index in [2.05, 4.69) is 93.5 Å². The van der Waals surface area contributed by atoms with Crippen LogP contribution in [0.2, 0.25) is 0 Å². The highest BCUT2D eigenvalue weighted by Gasteiger charge is 2.51. The largest absolute Gasteiger partial charge is 0.328 e. The molecular formula is C33H51O3P. The molecule has 37 heavy (non-hydrogen) atoms. The van der Waals surface area contributed by atoms with E-state index in [-0.39, 0.29) is 5.92 Å². The number of hydrogen-bond donors (Lipinski definition) is 2. The van der Waals surface area contributed by atoms with Crippen molar-refractivity contribution in [3.63, 3.8) is 0 Å². The summed E-state index contributed by atoms with van der Waals surface area (Å²) >= 11 is 0. The highest BCUT2D eigenvalue weighted by molar-refractivity contribution is 7.39. The van der Waals surface area contributed by atoms with Gasteiger partial charge in [-0.15, -0.1) is 0 Å². The fraction of sp³-hybridized carbons (Fsp3) is 0.636. The average Bonchev–Trinajstić information content (AvgIpc) is 2.82. The van der Waals surface area contributed by atoms with Crippen molar-refractivity contribution in [2.45, 2.75) is 131 Å². The Morgan fingerprint density at radius 2 is 1.22 bits per heavy atom. The maximum absolute atomic E-state index is 10.6. The van der Waals surface area contributed by atoms with E-state index in [4.69, 9.17) is 4.52 Å². The van der Waals surface area contributed by atoms with Crippen LogP contribution in [0.3, 0.4) is 0 Å². The Bertz CT molecular complexity index is 998. The van der Waals surface area contributed by atoms with E-state index in [9.17, 15) is 9.79 Å². The molecule has 3 nitrogen and oxygen atoms in total. The molecule has 3 rings (SSSR count). The standard InChI is InChI=1S/C33H51O3P/c1-11-13-14-28(12-2)33(36-37(34)35)31-26(15-24(20(3)4)18-29(31)22(7)8)17-27-16-25(21(5)6)19-30(23(9)10)32(27)33/h15-16,18-23,28,34-35H,11-14,17H2,1-10H3. The van der Waals surface area contributed by atoms with Gasteiger partial charge in [0.15, 0.2) is 0 Å². The molecule has 2 aromatic carbocycles. The van der Waals surface area contributed by atoms with Crippen LogP contribution >= 0.6 is 8.60 Å². The Hall–Kier alpha value is -1.25. The molecule has 0 aromatic heterocycles. The van der Waals surface area contributed by atoms with E-state index in [1.807, 2.05) is 0 Å². The summed E-state index contributed by atoms with van der Waals surface area (Å²) in [5, 5.41) is 0. The molecule has 0 saturated heterocycles. The van der Waals surface area contributed by atoms with E-state index in [1.54, 1.807) is 0 Å². The van der Waals surface area contributed by atoms with Gasteiger partial charge in [-0.05, 0) is 93.4 Å². The summed E-state index contributed by atoms with van der Waals surface area (Å²) in [6, 6.07) is 9.51. The Morgan fingerprint density at radius 1 is 0.757 bits per heavy atom. The topological polar surface area (TPSA) is 49.7 Å². The van der Waals surface area contributed by atoms with Gasteiger partial charge in [-0.1, -0.05) is 106 Å². The maximum atomic E-state index is 10.6. The Morgan fingerprint density at radius 3 is 1.54 bits per heavy atom. The molecule has 1 unspecified atom stereocenters. The minimum Gasteiger partial charge on any atom is -0.328 e. The first kappa shape index (κ1) is 30.3. The highest BCUT2D eigenvalue weighted by Crippen LogP contribution is 2.58. The van der Waals surface area contributed by atoms with Crippen molar-refractivity contribution in [1.82, 2.24) is 0 Å². The molecular weight excluding hydrogens is 475 g/mol. The quantitative estimate of drug-likeness (QED) is 0.287. The second kappa shape index (κ2) is 12.3. The fourth-order valence-corrected chi connectivity index (χ4v) is 7.03. The molecule has 0 radical (unpaired) electrons. The van der Waals surface area contributed by atoms with Crippen LogP contribution in [-0.2, 0) is 16.5 Å². The Kier molecular flexibility index (Phi) is 10.1. The lowest BCUT2D eigenvalue weighted by molar-refractivity contribution is 0.0186. The summed E-state index contributed by atoms with van der Waals surface area (Å²) in [4.78, 5) is 21.3. The fourth-order valence-electron chi connectivity index (χ4n) is 6.44. The van der Waals surface area contributed by atoms with Crippen LogP contribution in [0.15, 0.2) is 24.3 Å². The molecule has 0 saturated carbocycles. The molecule has 0 aliphatic heterocycles. The lowest BCUT2D eigenvalue weighted by Gasteiger charge is -2.49. The van der Waals surface area contributed by atoms with Crippen molar-refractivity contribution in [2.75, 3.05) is 0 Å². The lowest BCUT2D eigenvalue weighted by Crippen LogP contribution is -2.44. The predicted molar refractivity (Wildman–Crippen MR) is 159 cm³/mol.